The average molecular weight is 125 g/mol. The van der Waals surface area contributed by atoms with Crippen molar-refractivity contribution < 1.29 is 4.79 Å². The molecule has 1 aliphatic heterocycles. The molecule has 1 amide bonds. The van der Waals surface area contributed by atoms with Crippen LogP contribution in [0.1, 0.15) is 26.7 Å². The van der Waals surface area contributed by atoms with Crippen molar-refractivity contribution in [3.05, 3.63) is 0 Å². The van der Waals surface area contributed by atoms with Crippen LogP contribution < -0.4 is 0 Å². The normalized spacial score (nSPS) is 34.9. The minimum atomic E-state index is 0.250. The zero-order chi connectivity index (χ0) is 6.65. The van der Waals surface area contributed by atoms with E-state index in [4.69, 9.17) is 0 Å². The molecule has 2 nitrogen and oxygen atoms in total. The number of hydrogen-bond donors (Lipinski definition) is 0. The summed E-state index contributed by atoms with van der Waals surface area (Å²) in [5, 5.41) is 0. The number of nitrogens with zero attached hydrogens (tertiary/aromatic N) is 1. The molecule has 1 heterocycles. The van der Waals surface area contributed by atoms with E-state index < -0.39 is 0 Å². The summed E-state index contributed by atoms with van der Waals surface area (Å²) in [6, 6.07) is 0.551. The van der Waals surface area contributed by atoms with Gasteiger partial charge in [-0.25, -0.2) is 0 Å². The second-order valence-electron chi connectivity index (χ2n) is 3.17. The standard InChI is InChI=1S/C7H11NO/c1-5-7(3-4-7)8(5)6(2)9/h5H,3-4H2,1-2H3. The van der Waals surface area contributed by atoms with E-state index in [1.54, 1.807) is 6.92 Å². The van der Waals surface area contributed by atoms with E-state index >= 15 is 0 Å². The largest absolute Gasteiger partial charge is 0.330 e. The first-order valence-corrected chi connectivity index (χ1v) is 3.48. The molecule has 50 valence electrons. The van der Waals surface area contributed by atoms with E-state index in [1.807, 2.05) is 4.90 Å². The number of carbonyl (C=O) groups excluding carboxylic acids is 1. The van der Waals surface area contributed by atoms with Crippen LogP contribution in [-0.4, -0.2) is 22.4 Å². The van der Waals surface area contributed by atoms with Crippen molar-refractivity contribution in [1.82, 2.24) is 4.90 Å². The summed E-state index contributed by atoms with van der Waals surface area (Å²) in [6.45, 7) is 3.79. The Morgan fingerprint density at radius 2 is 2.22 bits per heavy atom. The van der Waals surface area contributed by atoms with E-state index in [0.717, 1.165) is 0 Å². The third-order valence-electron chi connectivity index (χ3n) is 2.68. The molecule has 1 spiro atoms. The van der Waals surface area contributed by atoms with Gasteiger partial charge in [-0.2, -0.15) is 0 Å². The molecule has 2 heteroatoms. The van der Waals surface area contributed by atoms with Gasteiger partial charge in [-0.05, 0) is 19.8 Å². The first-order valence-electron chi connectivity index (χ1n) is 3.48. The fourth-order valence-corrected chi connectivity index (χ4v) is 1.91. The highest BCUT2D eigenvalue weighted by molar-refractivity contribution is 5.79. The van der Waals surface area contributed by atoms with Crippen LogP contribution in [0.2, 0.25) is 0 Å². The smallest absolute Gasteiger partial charge is 0.220 e. The SMILES string of the molecule is CC(=O)N1C(C)C12CC2. The minimum absolute atomic E-state index is 0.250. The quantitative estimate of drug-likeness (QED) is 0.438. The summed E-state index contributed by atoms with van der Waals surface area (Å²) in [4.78, 5) is 12.8. The maximum Gasteiger partial charge on any atom is 0.220 e. The van der Waals surface area contributed by atoms with Gasteiger partial charge in [0.2, 0.25) is 5.91 Å². The number of amides is 1. The van der Waals surface area contributed by atoms with Crippen LogP contribution in [0.5, 0.6) is 0 Å². The Bertz CT molecular complexity index is 172. The zero-order valence-electron chi connectivity index (χ0n) is 5.85. The van der Waals surface area contributed by atoms with Crippen LogP contribution in [0.15, 0.2) is 0 Å². The molecule has 0 N–H and O–H groups in total. The number of rotatable bonds is 0. The molecule has 0 aromatic rings. The summed E-state index contributed by atoms with van der Waals surface area (Å²) in [6.07, 6.45) is 2.49. The number of carbonyl (C=O) groups is 1. The zero-order valence-corrected chi connectivity index (χ0v) is 5.85. The lowest BCUT2D eigenvalue weighted by Gasteiger charge is -1.93. The Hall–Kier alpha value is -0.530. The molecule has 2 fully saturated rings. The Balaban J connectivity index is 2.13. The number of hydrogen-bond acceptors (Lipinski definition) is 1. The summed E-state index contributed by atoms with van der Waals surface area (Å²) >= 11 is 0. The monoisotopic (exact) mass is 125 g/mol. The maximum absolute atomic E-state index is 10.8. The molecule has 9 heavy (non-hydrogen) atoms. The van der Waals surface area contributed by atoms with Gasteiger partial charge in [0.25, 0.3) is 0 Å². The Labute approximate surface area is 54.8 Å². The molecule has 0 aromatic heterocycles. The molecular weight excluding hydrogens is 114 g/mol. The lowest BCUT2D eigenvalue weighted by atomic mass is 10.3. The van der Waals surface area contributed by atoms with Crippen molar-refractivity contribution >= 4 is 5.91 Å². The molecule has 1 aliphatic carbocycles. The van der Waals surface area contributed by atoms with Gasteiger partial charge in [-0.3, -0.25) is 4.79 Å². The Morgan fingerprint density at radius 3 is 2.33 bits per heavy atom. The molecule has 2 rings (SSSR count). The van der Waals surface area contributed by atoms with Gasteiger partial charge in [-0.15, -0.1) is 0 Å². The first-order chi connectivity index (χ1) is 4.18. The van der Waals surface area contributed by atoms with Crippen molar-refractivity contribution in [3.63, 3.8) is 0 Å². The van der Waals surface area contributed by atoms with Crippen molar-refractivity contribution in [2.45, 2.75) is 38.3 Å². The van der Waals surface area contributed by atoms with Gasteiger partial charge in [-0.1, -0.05) is 0 Å². The van der Waals surface area contributed by atoms with Crippen molar-refractivity contribution in [1.29, 1.82) is 0 Å². The van der Waals surface area contributed by atoms with Crippen molar-refractivity contribution in [2.75, 3.05) is 0 Å². The predicted octanol–water partition coefficient (Wildman–Crippen LogP) is 0.770. The van der Waals surface area contributed by atoms with E-state index in [0.29, 0.717) is 11.6 Å². The first kappa shape index (κ1) is 5.27. The highest BCUT2D eigenvalue weighted by atomic mass is 16.2. The molecule has 0 bridgehead atoms. The van der Waals surface area contributed by atoms with Crippen LogP contribution >= 0.6 is 0 Å². The van der Waals surface area contributed by atoms with Crippen LogP contribution in [-0.2, 0) is 4.79 Å². The lowest BCUT2D eigenvalue weighted by molar-refractivity contribution is -0.124. The second-order valence-corrected chi connectivity index (χ2v) is 3.17. The van der Waals surface area contributed by atoms with Gasteiger partial charge in [0.15, 0.2) is 0 Å². The summed E-state index contributed by atoms with van der Waals surface area (Å²) in [5.41, 5.74) is 0.381. The van der Waals surface area contributed by atoms with Crippen LogP contribution in [0.4, 0.5) is 0 Å². The van der Waals surface area contributed by atoms with Crippen molar-refractivity contribution in [2.24, 2.45) is 0 Å². The summed E-state index contributed by atoms with van der Waals surface area (Å²) in [7, 11) is 0. The molecule has 1 saturated heterocycles. The molecule has 0 radical (unpaired) electrons. The maximum atomic E-state index is 10.8. The van der Waals surface area contributed by atoms with E-state index in [9.17, 15) is 4.79 Å². The van der Waals surface area contributed by atoms with E-state index in [2.05, 4.69) is 6.92 Å². The molecular formula is C7H11NO. The summed E-state index contributed by atoms with van der Waals surface area (Å²) < 4.78 is 0. The minimum Gasteiger partial charge on any atom is -0.330 e. The summed E-state index contributed by atoms with van der Waals surface area (Å²) in [5.74, 6) is 0.250. The lowest BCUT2D eigenvalue weighted by Crippen LogP contribution is -2.09. The van der Waals surface area contributed by atoms with Crippen LogP contribution in [0.3, 0.4) is 0 Å². The van der Waals surface area contributed by atoms with Gasteiger partial charge >= 0.3 is 0 Å². The topological polar surface area (TPSA) is 20.1 Å². The third kappa shape index (κ3) is 0.443. The van der Waals surface area contributed by atoms with Crippen LogP contribution in [0, 0.1) is 0 Å². The van der Waals surface area contributed by atoms with Gasteiger partial charge in [0.05, 0.1) is 11.6 Å². The molecule has 1 atom stereocenters. The molecule has 0 aromatic carbocycles. The third-order valence-corrected chi connectivity index (χ3v) is 2.68. The van der Waals surface area contributed by atoms with E-state index in [-0.39, 0.29) is 5.91 Å². The van der Waals surface area contributed by atoms with Gasteiger partial charge in [0.1, 0.15) is 0 Å². The second kappa shape index (κ2) is 1.15. The molecule has 1 unspecified atom stereocenters. The fourth-order valence-electron chi connectivity index (χ4n) is 1.91. The molecule has 2 aliphatic rings. The van der Waals surface area contributed by atoms with Crippen LogP contribution in [0.25, 0.3) is 0 Å². The highest BCUT2D eigenvalue weighted by Crippen LogP contribution is 2.59. The Morgan fingerprint density at radius 1 is 1.67 bits per heavy atom. The predicted molar refractivity (Wildman–Crippen MR) is 33.9 cm³/mol. The van der Waals surface area contributed by atoms with E-state index in [1.165, 1.54) is 12.8 Å². The highest BCUT2D eigenvalue weighted by Gasteiger charge is 2.69. The Kier molecular flexibility index (Phi) is 0.675. The average Bonchev–Trinajstić information content (AvgIpc) is 2.54. The fraction of sp³-hybridized carbons (Fsp3) is 0.857. The van der Waals surface area contributed by atoms with Gasteiger partial charge in [0, 0.05) is 6.92 Å². The van der Waals surface area contributed by atoms with Gasteiger partial charge < -0.3 is 4.90 Å². The molecule has 1 saturated carbocycles. The van der Waals surface area contributed by atoms with Crippen molar-refractivity contribution in [3.8, 4) is 0 Å².